The van der Waals surface area contributed by atoms with Crippen molar-refractivity contribution in [1.29, 1.82) is 0 Å². The van der Waals surface area contributed by atoms with Gasteiger partial charge in [-0.3, -0.25) is 0 Å². The van der Waals surface area contributed by atoms with E-state index in [-0.39, 0.29) is 5.03 Å². The number of aromatic nitrogens is 5. The minimum absolute atomic E-state index is 0.0719. The molecule has 22 heavy (non-hydrogen) atoms. The normalized spacial score (nSPS) is 12.0. The van der Waals surface area contributed by atoms with Crippen LogP contribution in [0, 0.1) is 6.92 Å². The van der Waals surface area contributed by atoms with Crippen molar-refractivity contribution in [3.8, 4) is 0 Å². The van der Waals surface area contributed by atoms with Gasteiger partial charge in [-0.05, 0) is 25.3 Å². The molecule has 3 rings (SSSR count). The van der Waals surface area contributed by atoms with Crippen LogP contribution in [0.3, 0.4) is 0 Å². The summed E-state index contributed by atoms with van der Waals surface area (Å²) in [5, 5.41) is 4.38. The first-order valence-corrected chi connectivity index (χ1v) is 8.32. The fourth-order valence-electron chi connectivity index (χ4n) is 2.13. The Morgan fingerprint density at radius 3 is 3.00 bits per heavy atom. The Balaban J connectivity index is 1.56. The summed E-state index contributed by atoms with van der Waals surface area (Å²) in [7, 11) is -3.50. The molecule has 0 aromatic carbocycles. The summed E-state index contributed by atoms with van der Waals surface area (Å²) >= 11 is 0. The van der Waals surface area contributed by atoms with Gasteiger partial charge in [0.1, 0.15) is 0 Å². The number of hydrogen-bond acceptors (Lipinski definition) is 5. The molecule has 0 radical (unpaired) electrons. The number of nitrogens with one attached hydrogen (secondary N) is 2. The molecule has 3 heterocycles. The van der Waals surface area contributed by atoms with E-state index in [0.29, 0.717) is 19.4 Å². The maximum atomic E-state index is 11.9. The zero-order valence-electron chi connectivity index (χ0n) is 12.0. The van der Waals surface area contributed by atoms with E-state index >= 15 is 0 Å². The third-order valence-electron chi connectivity index (χ3n) is 3.19. The van der Waals surface area contributed by atoms with E-state index < -0.39 is 10.0 Å². The van der Waals surface area contributed by atoms with Gasteiger partial charge in [-0.1, -0.05) is 0 Å². The number of aromatic amines is 1. The molecule has 0 fully saturated rings. The highest BCUT2D eigenvalue weighted by Gasteiger charge is 2.14. The first-order valence-electron chi connectivity index (χ1n) is 6.83. The molecule has 2 N–H and O–H groups in total. The van der Waals surface area contributed by atoms with Crippen LogP contribution < -0.4 is 4.72 Å². The highest BCUT2D eigenvalue weighted by atomic mass is 32.2. The van der Waals surface area contributed by atoms with Crippen LogP contribution in [0.2, 0.25) is 0 Å². The van der Waals surface area contributed by atoms with Crippen LogP contribution in [0.1, 0.15) is 17.7 Å². The molecule has 0 unspecified atom stereocenters. The number of fused-ring (bicyclic) bond motifs is 1. The third kappa shape index (κ3) is 3.15. The van der Waals surface area contributed by atoms with Crippen molar-refractivity contribution >= 4 is 15.7 Å². The van der Waals surface area contributed by atoms with Crippen molar-refractivity contribution in [3.63, 3.8) is 0 Å². The van der Waals surface area contributed by atoms with Crippen molar-refractivity contribution in [2.45, 2.75) is 24.8 Å². The van der Waals surface area contributed by atoms with Gasteiger partial charge >= 0.3 is 0 Å². The first kappa shape index (κ1) is 14.7. The maximum Gasteiger partial charge on any atom is 0.257 e. The van der Waals surface area contributed by atoms with Gasteiger partial charge in [0, 0.05) is 25.0 Å². The highest BCUT2D eigenvalue weighted by Crippen LogP contribution is 2.07. The molecular weight excluding hydrogens is 304 g/mol. The Labute approximate surface area is 127 Å². The van der Waals surface area contributed by atoms with Crippen LogP contribution >= 0.6 is 0 Å². The lowest BCUT2D eigenvalue weighted by Gasteiger charge is -2.05. The molecule has 0 spiro atoms. The van der Waals surface area contributed by atoms with E-state index in [0.717, 1.165) is 16.9 Å². The highest BCUT2D eigenvalue weighted by molar-refractivity contribution is 7.89. The van der Waals surface area contributed by atoms with Crippen molar-refractivity contribution in [2.24, 2.45) is 0 Å². The van der Waals surface area contributed by atoms with E-state index in [4.69, 9.17) is 0 Å². The van der Waals surface area contributed by atoms with Crippen molar-refractivity contribution < 1.29 is 8.42 Å². The maximum absolute atomic E-state index is 11.9. The summed E-state index contributed by atoms with van der Waals surface area (Å²) in [5.74, 6) is 0. The van der Waals surface area contributed by atoms with Gasteiger partial charge in [-0.2, -0.15) is 5.10 Å². The molecule has 3 aromatic heterocycles. The fourth-order valence-corrected chi connectivity index (χ4v) is 3.11. The summed E-state index contributed by atoms with van der Waals surface area (Å²) in [4.78, 5) is 10.6. The molecule has 116 valence electrons. The molecule has 0 aliphatic carbocycles. The van der Waals surface area contributed by atoms with Crippen molar-refractivity contribution in [3.05, 3.63) is 42.2 Å². The van der Waals surface area contributed by atoms with Gasteiger partial charge in [-0.25, -0.2) is 27.6 Å². The molecule has 9 heteroatoms. The Hall–Kier alpha value is -2.26. The second-order valence-corrected chi connectivity index (χ2v) is 6.70. The van der Waals surface area contributed by atoms with Gasteiger partial charge < -0.3 is 4.98 Å². The molecule has 0 amide bonds. The van der Waals surface area contributed by atoms with Crippen LogP contribution in [0.15, 0.2) is 36.0 Å². The zero-order valence-corrected chi connectivity index (χ0v) is 12.8. The summed E-state index contributed by atoms with van der Waals surface area (Å²) in [5.41, 5.74) is 2.73. The van der Waals surface area contributed by atoms with Crippen LogP contribution in [0.4, 0.5) is 0 Å². The van der Waals surface area contributed by atoms with Crippen LogP contribution in [0.25, 0.3) is 5.65 Å². The molecule has 0 aliphatic rings. The largest absolute Gasteiger partial charge is 0.335 e. The molecule has 3 aromatic rings. The lowest BCUT2D eigenvalue weighted by molar-refractivity contribution is 0.575. The average Bonchev–Trinajstić information content (AvgIpc) is 3.11. The first-order chi connectivity index (χ1) is 10.5. The zero-order chi connectivity index (χ0) is 15.6. The number of hydrogen-bond donors (Lipinski definition) is 2. The molecule has 0 bridgehead atoms. The predicted octanol–water partition coefficient (Wildman–Crippen LogP) is 0.672. The quantitative estimate of drug-likeness (QED) is 0.650. The van der Waals surface area contributed by atoms with Gasteiger partial charge in [0.25, 0.3) is 10.0 Å². The van der Waals surface area contributed by atoms with Crippen LogP contribution in [-0.2, 0) is 16.4 Å². The van der Waals surface area contributed by atoms with E-state index in [1.165, 1.54) is 12.5 Å². The van der Waals surface area contributed by atoms with Gasteiger partial charge in [0.2, 0.25) is 0 Å². The topological polar surface area (TPSA) is 105 Å². The number of imidazole rings is 1. The molecule has 0 aliphatic heterocycles. The van der Waals surface area contributed by atoms with E-state index in [2.05, 4.69) is 24.8 Å². The number of nitrogens with zero attached hydrogens (tertiary/aromatic N) is 4. The average molecular weight is 320 g/mol. The fraction of sp³-hybridized carbons (Fsp3) is 0.308. The van der Waals surface area contributed by atoms with Gasteiger partial charge in [0.15, 0.2) is 10.7 Å². The Bertz CT molecular complexity index is 869. The summed E-state index contributed by atoms with van der Waals surface area (Å²) in [6, 6.07) is 1.91. The SMILES string of the molecule is Cc1cc2ncc(CCCNS(=O)(=O)c3cnc[nH]3)cn2n1. The second-order valence-electron chi connectivity index (χ2n) is 4.97. The number of rotatable bonds is 6. The molecule has 0 saturated heterocycles. The number of sulfonamides is 1. The smallest absolute Gasteiger partial charge is 0.257 e. The lowest BCUT2D eigenvalue weighted by Crippen LogP contribution is -2.25. The van der Waals surface area contributed by atoms with E-state index in [9.17, 15) is 8.42 Å². The van der Waals surface area contributed by atoms with Gasteiger partial charge in [-0.15, -0.1) is 0 Å². The van der Waals surface area contributed by atoms with E-state index in [1.54, 1.807) is 10.7 Å². The molecular formula is C13H16N6O2S. The Morgan fingerprint density at radius 2 is 2.23 bits per heavy atom. The Kier molecular flexibility index (Phi) is 3.90. The van der Waals surface area contributed by atoms with Crippen molar-refractivity contribution in [2.75, 3.05) is 6.54 Å². The third-order valence-corrected chi connectivity index (χ3v) is 4.57. The lowest BCUT2D eigenvalue weighted by atomic mass is 10.2. The summed E-state index contributed by atoms with van der Waals surface area (Å²) in [6.07, 6.45) is 7.70. The van der Waals surface area contributed by atoms with Crippen LogP contribution in [-0.4, -0.2) is 39.5 Å². The summed E-state index contributed by atoms with van der Waals surface area (Å²) < 4.78 is 28.0. The molecule has 8 nitrogen and oxygen atoms in total. The molecule has 0 atom stereocenters. The molecule has 0 saturated carbocycles. The number of H-pyrrole nitrogens is 1. The van der Waals surface area contributed by atoms with E-state index in [1.807, 2.05) is 19.2 Å². The number of aryl methyl sites for hydroxylation is 2. The van der Waals surface area contributed by atoms with Crippen molar-refractivity contribution in [1.82, 2.24) is 29.3 Å². The summed E-state index contributed by atoms with van der Waals surface area (Å²) in [6.45, 7) is 2.26. The standard InChI is InChI=1S/C13H16N6O2S/c1-10-5-12-15-6-11(8-19(12)18-10)3-2-4-17-22(20,21)13-7-14-9-16-13/h5-9,17H,2-4H2,1H3,(H,14,16). The minimum Gasteiger partial charge on any atom is -0.335 e. The van der Waals surface area contributed by atoms with Gasteiger partial charge in [0.05, 0.1) is 18.2 Å². The van der Waals surface area contributed by atoms with Crippen LogP contribution in [0.5, 0.6) is 0 Å². The monoisotopic (exact) mass is 320 g/mol. The predicted molar refractivity (Wildman–Crippen MR) is 79.8 cm³/mol. The minimum atomic E-state index is -3.50. The Morgan fingerprint density at radius 1 is 1.36 bits per heavy atom. The second kappa shape index (κ2) is 5.85.